The number of hydrogen-bond donors (Lipinski definition) is 0. The first kappa shape index (κ1) is 7.13. The average Bonchev–Trinajstić information content (AvgIpc) is 2.44. The molecule has 0 fully saturated rings. The third kappa shape index (κ3) is 1.22. The molecule has 68 valence electrons. The van der Waals surface area contributed by atoms with Crippen LogP contribution in [-0.2, 0) is 7.05 Å². The highest BCUT2D eigenvalue weighted by Crippen LogP contribution is 2.24. The maximum Gasteiger partial charge on any atom is 0.139 e. The van der Waals surface area contributed by atoms with Crippen LogP contribution in [0.25, 0.3) is 11.0 Å². The molecular weight excluding hydrogens is 160 g/mol. The third-order valence-corrected chi connectivity index (χ3v) is 2.27. The summed E-state index contributed by atoms with van der Waals surface area (Å²) in [6, 6.07) is 3.94. The number of nitrogens with zero attached hydrogens (tertiary/aromatic N) is 2. The van der Waals surface area contributed by atoms with Crippen LogP contribution < -0.4 is 0 Å². The highest BCUT2D eigenvalue weighted by atomic mass is 15.0. The Bertz CT molecular complexity index is 466. The first-order valence-corrected chi connectivity index (χ1v) is 4.40. The fourth-order valence-corrected chi connectivity index (χ4v) is 1.61. The van der Waals surface area contributed by atoms with Gasteiger partial charge in [0.05, 0.1) is 0 Å². The number of hydrogen-bond acceptors (Lipinski definition) is 1. The van der Waals surface area contributed by atoms with E-state index in [1.54, 1.807) is 6.20 Å². The first-order chi connectivity index (χ1) is 6.50. The Morgan fingerprint density at radius 2 is 2.31 bits per heavy atom. The summed E-state index contributed by atoms with van der Waals surface area (Å²) in [5.41, 5.74) is 1.98. The van der Waals surface area contributed by atoms with Gasteiger partial charge in [-0.2, -0.15) is 0 Å². The van der Waals surface area contributed by atoms with Gasteiger partial charge in [0.25, 0.3) is 0 Å². The van der Waals surface area contributed by atoms with Gasteiger partial charge in [-0.05, 0) is 23.6 Å². The predicted molar refractivity (Wildman–Crippen MR) is 54.8 cm³/mol. The lowest BCUT2D eigenvalue weighted by atomic mass is 10.0. The van der Waals surface area contributed by atoms with Crippen LogP contribution in [0.5, 0.6) is 0 Å². The molecule has 0 spiro atoms. The highest BCUT2D eigenvalue weighted by molar-refractivity contribution is 5.80. The van der Waals surface area contributed by atoms with Crippen molar-refractivity contribution in [2.45, 2.75) is 19.7 Å². The summed E-state index contributed by atoms with van der Waals surface area (Å²) >= 11 is 0. The number of aryl methyl sites for hydroxylation is 1. The fourth-order valence-electron chi connectivity index (χ4n) is 1.61. The number of fused-ring (bicyclic) bond motifs is 1. The molecule has 0 aliphatic heterocycles. The summed E-state index contributed by atoms with van der Waals surface area (Å²) in [7, 11) is 1.96. The van der Waals surface area contributed by atoms with Crippen LogP contribution in [0.3, 0.4) is 0 Å². The van der Waals surface area contributed by atoms with Crippen molar-refractivity contribution in [3.8, 4) is 0 Å². The van der Waals surface area contributed by atoms with Crippen LogP contribution in [0.1, 0.15) is 26.7 Å². The van der Waals surface area contributed by atoms with E-state index in [0.717, 1.165) is 16.6 Å². The van der Waals surface area contributed by atoms with Gasteiger partial charge in [-0.1, -0.05) is 13.8 Å². The zero-order valence-corrected chi connectivity index (χ0v) is 8.20. The van der Waals surface area contributed by atoms with Crippen molar-refractivity contribution in [1.82, 2.24) is 9.55 Å². The summed E-state index contributed by atoms with van der Waals surface area (Å²) < 4.78 is 10.0. The second-order valence-electron chi connectivity index (χ2n) is 3.53. The Kier molecular flexibility index (Phi) is 1.58. The van der Waals surface area contributed by atoms with Crippen molar-refractivity contribution in [2.24, 2.45) is 7.05 Å². The van der Waals surface area contributed by atoms with Crippen LogP contribution in [-0.4, -0.2) is 9.55 Å². The van der Waals surface area contributed by atoms with Crippen molar-refractivity contribution < 1.29 is 1.37 Å². The van der Waals surface area contributed by atoms with Gasteiger partial charge >= 0.3 is 0 Å². The normalized spacial score (nSPS) is 13.3. The molecular formula is C11H14N2. The highest BCUT2D eigenvalue weighted by Gasteiger charge is 2.08. The van der Waals surface area contributed by atoms with E-state index < -0.39 is 5.89 Å². The van der Waals surface area contributed by atoms with Gasteiger partial charge in [0.2, 0.25) is 0 Å². The summed E-state index contributed by atoms with van der Waals surface area (Å²) in [6.07, 6.45) is 3.77. The first-order valence-electron chi connectivity index (χ1n) is 4.90. The van der Waals surface area contributed by atoms with Crippen LogP contribution >= 0.6 is 0 Å². The Hall–Kier alpha value is -1.31. The molecule has 2 nitrogen and oxygen atoms in total. The fraction of sp³-hybridized carbons (Fsp3) is 0.364. The minimum absolute atomic E-state index is 0.567. The molecule has 0 aromatic carbocycles. The lowest BCUT2D eigenvalue weighted by molar-refractivity contribution is 0.855. The quantitative estimate of drug-likeness (QED) is 0.651. The maximum atomic E-state index is 8.03. The standard InChI is InChI=1S/C11H14N2/c1-8(2)10-7-13(3)11-9(10)5-4-6-12-11/h4-8H,1-3H3/i8D. The zero-order chi connectivity index (χ0) is 10.3. The SMILES string of the molecule is [2H]C(C)(C)c1cn(C)c2ncccc12. The van der Waals surface area contributed by atoms with Gasteiger partial charge in [0, 0.05) is 26.2 Å². The summed E-state index contributed by atoms with van der Waals surface area (Å²) in [4.78, 5) is 4.29. The minimum atomic E-state index is -0.567. The number of pyridine rings is 1. The summed E-state index contributed by atoms with van der Waals surface area (Å²) in [5, 5.41) is 1.08. The molecule has 2 aromatic heterocycles. The molecule has 2 heteroatoms. The largest absolute Gasteiger partial charge is 0.335 e. The van der Waals surface area contributed by atoms with Crippen molar-refractivity contribution in [3.05, 3.63) is 30.1 Å². The van der Waals surface area contributed by atoms with Gasteiger partial charge in [-0.3, -0.25) is 0 Å². The van der Waals surface area contributed by atoms with Gasteiger partial charge < -0.3 is 4.57 Å². The van der Waals surface area contributed by atoms with E-state index in [9.17, 15) is 0 Å². The van der Waals surface area contributed by atoms with E-state index in [1.165, 1.54) is 0 Å². The molecule has 0 radical (unpaired) electrons. The van der Waals surface area contributed by atoms with Gasteiger partial charge in [-0.15, -0.1) is 0 Å². The lowest BCUT2D eigenvalue weighted by Crippen LogP contribution is -1.85. The Morgan fingerprint density at radius 1 is 1.54 bits per heavy atom. The van der Waals surface area contributed by atoms with Crippen LogP contribution in [0.4, 0.5) is 0 Å². The molecule has 13 heavy (non-hydrogen) atoms. The molecule has 2 rings (SSSR count). The van der Waals surface area contributed by atoms with Crippen LogP contribution in [0.15, 0.2) is 24.5 Å². The van der Waals surface area contributed by atoms with E-state index in [4.69, 9.17) is 1.37 Å². The predicted octanol–water partition coefficient (Wildman–Crippen LogP) is 2.70. The van der Waals surface area contributed by atoms with E-state index in [2.05, 4.69) is 4.98 Å². The average molecular weight is 175 g/mol. The van der Waals surface area contributed by atoms with E-state index in [-0.39, 0.29) is 0 Å². The Labute approximate surface area is 79.6 Å². The van der Waals surface area contributed by atoms with Crippen molar-refractivity contribution in [3.63, 3.8) is 0 Å². The second-order valence-corrected chi connectivity index (χ2v) is 3.53. The van der Waals surface area contributed by atoms with Crippen LogP contribution in [0, 0.1) is 0 Å². The Morgan fingerprint density at radius 3 is 3.00 bits per heavy atom. The summed E-state index contributed by atoms with van der Waals surface area (Å²) in [6.45, 7) is 3.80. The van der Waals surface area contributed by atoms with Gasteiger partial charge in [-0.25, -0.2) is 4.98 Å². The van der Waals surface area contributed by atoms with Crippen LogP contribution in [0.2, 0.25) is 0 Å². The molecule has 0 aliphatic carbocycles. The smallest absolute Gasteiger partial charge is 0.139 e. The maximum absolute atomic E-state index is 8.03. The second kappa shape index (κ2) is 2.87. The van der Waals surface area contributed by atoms with Crippen molar-refractivity contribution in [2.75, 3.05) is 0 Å². The monoisotopic (exact) mass is 175 g/mol. The van der Waals surface area contributed by atoms with Gasteiger partial charge in [0.15, 0.2) is 0 Å². The molecule has 2 heterocycles. The lowest BCUT2D eigenvalue weighted by Gasteiger charge is -2.00. The van der Waals surface area contributed by atoms with E-state index in [0.29, 0.717) is 0 Å². The molecule has 2 aromatic rings. The molecule has 0 aliphatic rings. The third-order valence-electron chi connectivity index (χ3n) is 2.27. The molecule has 0 bridgehead atoms. The molecule has 0 N–H and O–H groups in total. The van der Waals surface area contributed by atoms with Gasteiger partial charge in [0.1, 0.15) is 5.65 Å². The minimum Gasteiger partial charge on any atom is -0.335 e. The molecule has 0 saturated heterocycles. The molecule has 0 amide bonds. The van der Waals surface area contributed by atoms with E-state index >= 15 is 0 Å². The summed E-state index contributed by atoms with van der Waals surface area (Å²) in [5.74, 6) is -0.567. The number of rotatable bonds is 1. The number of aromatic nitrogens is 2. The topological polar surface area (TPSA) is 17.8 Å². The van der Waals surface area contributed by atoms with Crippen molar-refractivity contribution in [1.29, 1.82) is 0 Å². The molecule has 0 saturated carbocycles. The molecule has 0 unspecified atom stereocenters. The molecule has 0 atom stereocenters. The van der Waals surface area contributed by atoms with Crippen molar-refractivity contribution >= 4 is 11.0 Å². The zero-order valence-electron chi connectivity index (χ0n) is 9.20. The Balaban J connectivity index is 2.80. The van der Waals surface area contributed by atoms with E-state index in [1.807, 2.05) is 43.8 Å².